The summed E-state index contributed by atoms with van der Waals surface area (Å²) in [6, 6.07) is 2.73. The molecule has 2 atom stereocenters. The number of amides is 1. The van der Waals surface area contributed by atoms with E-state index in [4.69, 9.17) is 11.6 Å². The molecule has 0 aromatic heterocycles. The van der Waals surface area contributed by atoms with Gasteiger partial charge in [-0.15, -0.1) is 11.6 Å². The smallest absolute Gasteiger partial charge is 0.340 e. The summed E-state index contributed by atoms with van der Waals surface area (Å²) in [6.45, 7) is 0.498. The SMILES string of the molecule is COC(=O)c1cc2c(cc1F)C(N1CC3=C(C1=O)C(Cl)CC=C3)CC2. The van der Waals surface area contributed by atoms with Gasteiger partial charge in [-0.05, 0) is 48.1 Å². The maximum absolute atomic E-state index is 14.4. The van der Waals surface area contributed by atoms with Crippen molar-refractivity contribution < 1.29 is 18.7 Å². The van der Waals surface area contributed by atoms with Gasteiger partial charge in [-0.3, -0.25) is 4.79 Å². The van der Waals surface area contributed by atoms with Gasteiger partial charge < -0.3 is 9.64 Å². The molecule has 6 heteroatoms. The molecule has 4 rings (SSSR count). The number of nitrogens with zero attached hydrogens (tertiary/aromatic N) is 1. The monoisotopic (exact) mass is 361 g/mol. The Morgan fingerprint density at radius 3 is 2.92 bits per heavy atom. The first-order valence-electron chi connectivity index (χ1n) is 8.26. The summed E-state index contributed by atoms with van der Waals surface area (Å²) in [4.78, 5) is 26.3. The van der Waals surface area contributed by atoms with Crippen LogP contribution in [0.25, 0.3) is 0 Å². The highest BCUT2D eigenvalue weighted by molar-refractivity contribution is 6.26. The fourth-order valence-corrected chi connectivity index (χ4v) is 4.34. The molecule has 0 N–H and O–H groups in total. The van der Waals surface area contributed by atoms with Crippen LogP contribution in [0.3, 0.4) is 0 Å². The minimum absolute atomic E-state index is 0.0594. The first-order valence-corrected chi connectivity index (χ1v) is 8.70. The summed E-state index contributed by atoms with van der Waals surface area (Å²) in [5.41, 5.74) is 3.23. The fourth-order valence-electron chi connectivity index (χ4n) is 4.01. The van der Waals surface area contributed by atoms with Crippen LogP contribution >= 0.6 is 11.6 Å². The molecule has 1 aromatic carbocycles. The highest BCUT2D eigenvalue weighted by Gasteiger charge is 2.40. The van der Waals surface area contributed by atoms with Crippen molar-refractivity contribution in [3.63, 3.8) is 0 Å². The number of halogens is 2. The number of hydrogen-bond acceptors (Lipinski definition) is 3. The van der Waals surface area contributed by atoms with Gasteiger partial charge in [0.1, 0.15) is 5.82 Å². The summed E-state index contributed by atoms with van der Waals surface area (Å²) in [7, 11) is 1.23. The Hall–Kier alpha value is -2.14. The topological polar surface area (TPSA) is 46.6 Å². The third kappa shape index (κ3) is 2.49. The van der Waals surface area contributed by atoms with Gasteiger partial charge in [0, 0.05) is 12.1 Å². The lowest BCUT2D eigenvalue weighted by atomic mass is 9.99. The van der Waals surface area contributed by atoms with Crippen molar-refractivity contribution in [2.45, 2.75) is 30.7 Å². The summed E-state index contributed by atoms with van der Waals surface area (Å²) in [5.74, 6) is -1.36. The second-order valence-electron chi connectivity index (χ2n) is 6.55. The number of carbonyl (C=O) groups excluding carboxylic acids is 2. The lowest BCUT2D eigenvalue weighted by molar-refractivity contribution is -0.127. The molecule has 0 saturated carbocycles. The van der Waals surface area contributed by atoms with Crippen molar-refractivity contribution >= 4 is 23.5 Å². The van der Waals surface area contributed by atoms with Gasteiger partial charge in [-0.2, -0.15) is 0 Å². The predicted molar refractivity (Wildman–Crippen MR) is 90.9 cm³/mol. The van der Waals surface area contributed by atoms with E-state index < -0.39 is 11.8 Å². The summed E-state index contributed by atoms with van der Waals surface area (Å²) in [5, 5.41) is -0.295. The van der Waals surface area contributed by atoms with Crippen LogP contribution < -0.4 is 0 Å². The van der Waals surface area contributed by atoms with Crippen molar-refractivity contribution in [2.24, 2.45) is 0 Å². The van der Waals surface area contributed by atoms with Crippen LogP contribution in [0, 0.1) is 5.82 Å². The molecule has 0 fully saturated rings. The van der Waals surface area contributed by atoms with Crippen molar-refractivity contribution in [3.05, 3.63) is 57.9 Å². The first kappa shape index (κ1) is 16.3. The molecule has 0 spiro atoms. The van der Waals surface area contributed by atoms with Crippen LogP contribution in [0.1, 0.15) is 40.4 Å². The van der Waals surface area contributed by atoms with Crippen molar-refractivity contribution in [1.29, 1.82) is 0 Å². The lowest BCUT2D eigenvalue weighted by Gasteiger charge is -2.26. The number of allylic oxidation sites excluding steroid dienone is 1. The summed E-state index contributed by atoms with van der Waals surface area (Å²) >= 11 is 6.31. The highest BCUT2D eigenvalue weighted by atomic mass is 35.5. The molecule has 0 bridgehead atoms. The molecule has 2 unspecified atom stereocenters. The molecule has 25 heavy (non-hydrogen) atoms. The van der Waals surface area contributed by atoms with E-state index >= 15 is 0 Å². The van der Waals surface area contributed by atoms with Crippen molar-refractivity contribution in [1.82, 2.24) is 4.90 Å². The van der Waals surface area contributed by atoms with Gasteiger partial charge in [-0.1, -0.05) is 12.2 Å². The molecule has 3 aliphatic rings. The second kappa shape index (κ2) is 5.99. The van der Waals surface area contributed by atoms with E-state index in [2.05, 4.69) is 4.74 Å². The number of rotatable bonds is 2. The molecule has 2 aliphatic carbocycles. The standard InChI is InChI=1S/C19H17ClFNO3/c1-25-19(24)13-7-10-5-6-16(12(10)8-15(13)21)22-9-11-3-2-4-14(20)17(11)18(22)23/h2-3,7-8,14,16H,4-6,9H2,1H3. The van der Waals surface area contributed by atoms with Crippen LogP contribution in [0.4, 0.5) is 4.39 Å². The van der Waals surface area contributed by atoms with Gasteiger partial charge in [0.05, 0.1) is 24.1 Å². The quantitative estimate of drug-likeness (QED) is 0.599. The molecular weight excluding hydrogens is 345 g/mol. The van der Waals surface area contributed by atoms with E-state index in [0.29, 0.717) is 31.4 Å². The van der Waals surface area contributed by atoms with Gasteiger partial charge in [0.15, 0.2) is 0 Å². The van der Waals surface area contributed by atoms with E-state index in [1.807, 2.05) is 12.2 Å². The Bertz CT molecular complexity index is 845. The van der Waals surface area contributed by atoms with Crippen LogP contribution in [-0.4, -0.2) is 35.8 Å². The molecule has 0 saturated heterocycles. The van der Waals surface area contributed by atoms with E-state index in [1.165, 1.54) is 13.2 Å². The maximum Gasteiger partial charge on any atom is 0.340 e. The minimum Gasteiger partial charge on any atom is -0.465 e. The first-order chi connectivity index (χ1) is 12.0. The van der Waals surface area contributed by atoms with Crippen LogP contribution in [-0.2, 0) is 16.0 Å². The Kier molecular flexibility index (Phi) is 3.91. The number of carbonyl (C=O) groups is 2. The number of ether oxygens (including phenoxy) is 1. The Morgan fingerprint density at radius 2 is 2.20 bits per heavy atom. The number of benzene rings is 1. The molecule has 130 valence electrons. The average molecular weight is 362 g/mol. The lowest BCUT2D eigenvalue weighted by Crippen LogP contribution is -2.32. The normalized spacial score (nSPS) is 24.6. The largest absolute Gasteiger partial charge is 0.465 e. The molecular formula is C19H17ClFNO3. The number of hydrogen-bond donors (Lipinski definition) is 0. The van der Waals surface area contributed by atoms with Gasteiger partial charge >= 0.3 is 5.97 Å². The third-order valence-corrected chi connectivity index (χ3v) is 5.61. The molecule has 1 heterocycles. The molecule has 4 nitrogen and oxygen atoms in total. The van der Waals surface area contributed by atoms with Gasteiger partial charge in [-0.25, -0.2) is 9.18 Å². The predicted octanol–water partition coefficient (Wildman–Crippen LogP) is 3.31. The third-order valence-electron chi connectivity index (χ3n) is 5.21. The molecule has 0 radical (unpaired) electrons. The highest BCUT2D eigenvalue weighted by Crippen LogP contribution is 2.42. The van der Waals surface area contributed by atoms with E-state index in [1.54, 1.807) is 11.0 Å². The number of aryl methyl sites for hydroxylation is 1. The van der Waals surface area contributed by atoms with E-state index in [0.717, 1.165) is 16.7 Å². The number of alkyl halides is 1. The second-order valence-corrected chi connectivity index (χ2v) is 7.08. The number of methoxy groups -OCH3 is 1. The summed E-state index contributed by atoms with van der Waals surface area (Å²) < 4.78 is 19.0. The Balaban J connectivity index is 1.66. The number of esters is 1. The van der Waals surface area contributed by atoms with Crippen LogP contribution in [0.15, 0.2) is 35.4 Å². The molecule has 1 amide bonds. The zero-order valence-corrected chi connectivity index (χ0v) is 14.5. The van der Waals surface area contributed by atoms with E-state index in [9.17, 15) is 14.0 Å². The Morgan fingerprint density at radius 1 is 1.40 bits per heavy atom. The fraction of sp³-hybridized carbons (Fsp3) is 0.368. The van der Waals surface area contributed by atoms with Crippen molar-refractivity contribution in [3.8, 4) is 0 Å². The van der Waals surface area contributed by atoms with Crippen LogP contribution in [0.2, 0.25) is 0 Å². The minimum atomic E-state index is -0.687. The molecule has 1 aromatic rings. The summed E-state index contributed by atoms with van der Waals surface area (Å²) in [6.07, 6.45) is 6.00. The molecule has 1 aliphatic heterocycles. The maximum atomic E-state index is 14.4. The van der Waals surface area contributed by atoms with Crippen molar-refractivity contribution in [2.75, 3.05) is 13.7 Å². The van der Waals surface area contributed by atoms with Gasteiger partial charge in [0.25, 0.3) is 5.91 Å². The van der Waals surface area contributed by atoms with Gasteiger partial charge in [0.2, 0.25) is 0 Å². The van der Waals surface area contributed by atoms with Crippen LogP contribution in [0.5, 0.6) is 0 Å². The van der Waals surface area contributed by atoms with E-state index in [-0.39, 0.29) is 22.9 Å². The number of fused-ring (bicyclic) bond motifs is 1. The Labute approximate surface area is 149 Å². The zero-order chi connectivity index (χ0) is 17.7. The average Bonchev–Trinajstić information content (AvgIpc) is 3.14. The zero-order valence-electron chi connectivity index (χ0n) is 13.7.